The van der Waals surface area contributed by atoms with Crippen LogP contribution in [0.3, 0.4) is 0 Å². The van der Waals surface area contributed by atoms with E-state index in [4.69, 9.17) is 0 Å². The third-order valence-electron chi connectivity index (χ3n) is 6.18. The molecule has 1 N–H and O–H groups in total. The number of nitrogens with one attached hydrogen (secondary N) is 1. The van der Waals surface area contributed by atoms with Gasteiger partial charge in [0.15, 0.2) is 17.5 Å². The van der Waals surface area contributed by atoms with Gasteiger partial charge in [0.2, 0.25) is 5.91 Å². The Morgan fingerprint density at radius 2 is 1.93 bits per heavy atom. The molecule has 3 heterocycles. The summed E-state index contributed by atoms with van der Waals surface area (Å²) in [5, 5.41) is 11.2. The molecule has 2 aliphatic rings. The summed E-state index contributed by atoms with van der Waals surface area (Å²) in [4.78, 5) is 14.7. The van der Waals surface area contributed by atoms with Crippen LogP contribution in [0, 0.1) is 17.5 Å². The number of fused-ring (bicyclic) bond motifs is 1. The summed E-state index contributed by atoms with van der Waals surface area (Å²) in [6, 6.07) is 1.28. The van der Waals surface area contributed by atoms with Crippen LogP contribution >= 0.6 is 0 Å². The van der Waals surface area contributed by atoms with Crippen LogP contribution in [0.5, 0.6) is 0 Å². The molecule has 2 aliphatic heterocycles. The molecule has 0 spiro atoms. The molecule has 2 unspecified atom stereocenters. The number of halogens is 3. The van der Waals surface area contributed by atoms with Crippen molar-refractivity contribution in [2.24, 2.45) is 0 Å². The maximum absolute atomic E-state index is 13.9. The van der Waals surface area contributed by atoms with E-state index in [1.807, 2.05) is 4.90 Å². The van der Waals surface area contributed by atoms with E-state index >= 15 is 0 Å². The van der Waals surface area contributed by atoms with Crippen LogP contribution in [0.15, 0.2) is 12.1 Å². The van der Waals surface area contributed by atoms with Gasteiger partial charge in [-0.1, -0.05) is 6.42 Å². The van der Waals surface area contributed by atoms with Crippen molar-refractivity contribution < 1.29 is 18.0 Å². The van der Waals surface area contributed by atoms with Crippen LogP contribution in [-0.4, -0.2) is 44.7 Å². The third-order valence-corrected chi connectivity index (χ3v) is 6.18. The summed E-state index contributed by atoms with van der Waals surface area (Å²) >= 11 is 0. The normalized spacial score (nSPS) is 21.0. The number of nitrogens with zero attached hydrogens (tertiary/aromatic N) is 4. The highest BCUT2D eigenvalue weighted by Crippen LogP contribution is 2.29. The second kappa shape index (κ2) is 8.75. The highest BCUT2D eigenvalue weighted by molar-refractivity contribution is 5.94. The predicted molar refractivity (Wildman–Crippen MR) is 106 cm³/mol. The second-order valence-corrected chi connectivity index (χ2v) is 8.16. The maximum atomic E-state index is 13.9. The van der Waals surface area contributed by atoms with Crippen molar-refractivity contribution in [3.63, 3.8) is 0 Å². The molecule has 2 aromatic rings. The summed E-state index contributed by atoms with van der Waals surface area (Å²) in [6.07, 6.45) is 6.27. The van der Waals surface area contributed by atoms with E-state index in [9.17, 15) is 18.0 Å². The van der Waals surface area contributed by atoms with Crippen LogP contribution in [0.1, 0.15) is 56.6 Å². The van der Waals surface area contributed by atoms with Gasteiger partial charge in [0, 0.05) is 25.4 Å². The molecule has 162 valence electrons. The van der Waals surface area contributed by atoms with Crippen molar-refractivity contribution in [2.45, 2.75) is 64.0 Å². The van der Waals surface area contributed by atoms with Gasteiger partial charge in [-0.05, 0) is 51.3 Å². The lowest BCUT2D eigenvalue weighted by atomic mass is 9.95. The van der Waals surface area contributed by atoms with Crippen molar-refractivity contribution in [3.05, 3.63) is 41.2 Å². The zero-order valence-corrected chi connectivity index (χ0v) is 17.0. The fraction of sp³-hybridized carbons (Fsp3) is 0.571. The first-order valence-electron chi connectivity index (χ1n) is 10.6. The Bertz CT molecular complexity index is 932. The van der Waals surface area contributed by atoms with Crippen molar-refractivity contribution in [1.29, 1.82) is 0 Å². The Hall–Kier alpha value is -2.42. The van der Waals surface area contributed by atoms with Crippen LogP contribution < -0.4 is 5.32 Å². The van der Waals surface area contributed by atoms with Crippen LogP contribution in [-0.2, 0) is 17.8 Å². The number of piperidine rings is 1. The second-order valence-electron chi connectivity index (χ2n) is 8.16. The number of amides is 1. The third kappa shape index (κ3) is 4.08. The Morgan fingerprint density at radius 1 is 1.10 bits per heavy atom. The minimum Gasteiger partial charge on any atom is -0.322 e. The van der Waals surface area contributed by atoms with E-state index in [1.165, 1.54) is 6.42 Å². The minimum absolute atomic E-state index is 0.174. The molecule has 1 fully saturated rings. The van der Waals surface area contributed by atoms with Gasteiger partial charge in [0.1, 0.15) is 11.6 Å². The van der Waals surface area contributed by atoms with Crippen molar-refractivity contribution in [3.8, 4) is 0 Å². The lowest BCUT2D eigenvalue weighted by molar-refractivity contribution is -0.121. The van der Waals surface area contributed by atoms with Crippen molar-refractivity contribution in [1.82, 2.24) is 19.7 Å². The predicted octanol–water partition coefficient (Wildman–Crippen LogP) is 3.63. The van der Waals surface area contributed by atoms with Gasteiger partial charge < -0.3 is 9.88 Å². The Balaban J connectivity index is 1.45. The molecule has 4 rings (SSSR count). The SMILES string of the molecule is CC(C(=O)Nc1ccc(F)c(F)c1F)N1CCCC(c2nnc3n2CCCCC3)C1. The minimum atomic E-state index is -1.59. The average Bonchev–Trinajstić information content (AvgIpc) is 3.02. The molecule has 1 aromatic carbocycles. The number of aromatic nitrogens is 3. The highest BCUT2D eigenvalue weighted by atomic mass is 19.2. The molecule has 2 atom stereocenters. The first-order chi connectivity index (χ1) is 14.5. The molecule has 30 heavy (non-hydrogen) atoms. The Kier molecular flexibility index (Phi) is 6.08. The van der Waals surface area contributed by atoms with Crippen molar-refractivity contribution in [2.75, 3.05) is 18.4 Å². The van der Waals surface area contributed by atoms with Crippen LogP contribution in [0.4, 0.5) is 18.9 Å². The fourth-order valence-electron chi connectivity index (χ4n) is 4.40. The molecule has 6 nitrogen and oxygen atoms in total. The average molecular weight is 421 g/mol. The van der Waals surface area contributed by atoms with Crippen LogP contribution in [0.25, 0.3) is 0 Å². The molecular formula is C21H26F3N5O. The van der Waals surface area contributed by atoms with Crippen LogP contribution in [0.2, 0.25) is 0 Å². The number of benzene rings is 1. The zero-order chi connectivity index (χ0) is 21.3. The van der Waals surface area contributed by atoms with Gasteiger partial charge in [0.25, 0.3) is 0 Å². The summed E-state index contributed by atoms with van der Waals surface area (Å²) in [7, 11) is 0. The Labute approximate surface area is 173 Å². The molecule has 1 amide bonds. The van der Waals surface area contributed by atoms with Gasteiger partial charge in [0.05, 0.1) is 11.7 Å². The van der Waals surface area contributed by atoms with Gasteiger partial charge in [-0.25, -0.2) is 13.2 Å². The standard InChI is InChI=1S/C21H26F3N5O/c1-13(21(30)25-16-9-8-15(22)18(23)19(16)24)28-10-5-6-14(12-28)20-27-26-17-7-3-2-4-11-29(17)20/h8-9,13-14H,2-7,10-12H2,1H3,(H,25,30). The number of carbonyl (C=O) groups is 1. The first kappa shape index (κ1) is 20.8. The number of hydrogen-bond acceptors (Lipinski definition) is 4. The molecule has 0 saturated carbocycles. The molecular weight excluding hydrogens is 395 g/mol. The lowest BCUT2D eigenvalue weighted by Gasteiger charge is -2.35. The zero-order valence-electron chi connectivity index (χ0n) is 17.0. The van der Waals surface area contributed by atoms with E-state index in [0.717, 1.165) is 69.0 Å². The largest absolute Gasteiger partial charge is 0.322 e. The smallest absolute Gasteiger partial charge is 0.241 e. The number of aryl methyl sites for hydroxylation is 1. The highest BCUT2D eigenvalue weighted by Gasteiger charge is 2.32. The number of hydrogen-bond donors (Lipinski definition) is 1. The van der Waals surface area contributed by atoms with E-state index in [1.54, 1.807) is 6.92 Å². The number of carbonyl (C=O) groups excluding carboxylic acids is 1. The molecule has 1 saturated heterocycles. The quantitative estimate of drug-likeness (QED) is 0.766. The summed E-state index contributed by atoms with van der Waals surface area (Å²) in [5.74, 6) is -2.53. The fourth-order valence-corrected chi connectivity index (χ4v) is 4.40. The maximum Gasteiger partial charge on any atom is 0.241 e. The number of rotatable bonds is 4. The Morgan fingerprint density at radius 3 is 2.77 bits per heavy atom. The van der Waals surface area contributed by atoms with Gasteiger partial charge in [-0.3, -0.25) is 9.69 Å². The van der Waals surface area contributed by atoms with Crippen molar-refractivity contribution >= 4 is 11.6 Å². The van der Waals surface area contributed by atoms with E-state index in [-0.39, 0.29) is 11.6 Å². The summed E-state index contributed by atoms with van der Waals surface area (Å²) in [6.45, 7) is 4.04. The van der Waals surface area contributed by atoms with E-state index in [0.29, 0.717) is 6.54 Å². The molecule has 9 heteroatoms. The molecule has 0 aliphatic carbocycles. The van der Waals surface area contributed by atoms with E-state index in [2.05, 4.69) is 20.1 Å². The molecule has 0 bridgehead atoms. The summed E-state index contributed by atoms with van der Waals surface area (Å²) < 4.78 is 42.7. The van der Waals surface area contributed by atoms with Gasteiger partial charge in [-0.2, -0.15) is 0 Å². The van der Waals surface area contributed by atoms with E-state index < -0.39 is 29.4 Å². The number of likely N-dealkylation sites (tertiary alicyclic amines) is 1. The topological polar surface area (TPSA) is 63.1 Å². The molecule has 1 aromatic heterocycles. The summed E-state index contributed by atoms with van der Waals surface area (Å²) in [5.41, 5.74) is -0.359. The monoisotopic (exact) mass is 421 g/mol. The van der Waals surface area contributed by atoms with Gasteiger partial charge >= 0.3 is 0 Å². The lowest BCUT2D eigenvalue weighted by Crippen LogP contribution is -2.47. The first-order valence-corrected chi connectivity index (χ1v) is 10.6. The van der Waals surface area contributed by atoms with Gasteiger partial charge in [-0.15, -0.1) is 10.2 Å². The molecule has 0 radical (unpaired) electrons. The number of anilines is 1.